The Bertz CT molecular complexity index is 533. The lowest BCUT2D eigenvalue weighted by Gasteiger charge is -2.31. The zero-order valence-corrected chi connectivity index (χ0v) is 16.1. The largest absolute Gasteiger partial charge is 0.382 e. The van der Waals surface area contributed by atoms with Crippen LogP contribution in [0.2, 0.25) is 0 Å². The summed E-state index contributed by atoms with van der Waals surface area (Å²) in [5.74, 6) is 0. The van der Waals surface area contributed by atoms with Gasteiger partial charge in [-0.15, -0.1) is 0 Å². The van der Waals surface area contributed by atoms with Crippen LogP contribution in [0.15, 0.2) is 29.3 Å². The standard InChI is InChI=1S/C21H34N2O/c1-6-10-19-18-13-8-7-11-17(18)12-9-14-23(19)16-22-20(15-24-5)21(2,3)4/h7-8,11,13,16,19-20H,6,9-10,12,14-15H2,1-5H3/t19-,20+/m0/s1. The first-order valence-electron chi connectivity index (χ1n) is 9.33. The third-order valence-electron chi connectivity index (χ3n) is 4.96. The van der Waals surface area contributed by atoms with E-state index < -0.39 is 0 Å². The highest BCUT2D eigenvalue weighted by Crippen LogP contribution is 2.32. The van der Waals surface area contributed by atoms with Crippen LogP contribution in [0.3, 0.4) is 0 Å². The molecule has 0 unspecified atom stereocenters. The molecule has 0 N–H and O–H groups in total. The lowest BCUT2D eigenvalue weighted by molar-refractivity contribution is 0.135. The molecule has 0 amide bonds. The Kier molecular flexibility index (Phi) is 6.85. The molecule has 0 saturated heterocycles. The molecular formula is C21H34N2O. The molecule has 1 aromatic carbocycles. The van der Waals surface area contributed by atoms with E-state index in [-0.39, 0.29) is 11.5 Å². The molecule has 3 heteroatoms. The highest BCUT2D eigenvalue weighted by molar-refractivity contribution is 5.57. The number of nitrogens with zero attached hydrogens (tertiary/aromatic N) is 2. The van der Waals surface area contributed by atoms with E-state index in [0.29, 0.717) is 12.6 Å². The van der Waals surface area contributed by atoms with Crippen molar-refractivity contribution in [2.75, 3.05) is 20.3 Å². The minimum Gasteiger partial charge on any atom is -0.382 e. The number of hydrogen-bond acceptors (Lipinski definition) is 2. The van der Waals surface area contributed by atoms with Gasteiger partial charge >= 0.3 is 0 Å². The minimum absolute atomic E-state index is 0.108. The van der Waals surface area contributed by atoms with Gasteiger partial charge in [0.15, 0.2) is 0 Å². The summed E-state index contributed by atoms with van der Waals surface area (Å²) in [7, 11) is 1.76. The summed E-state index contributed by atoms with van der Waals surface area (Å²) >= 11 is 0. The summed E-state index contributed by atoms with van der Waals surface area (Å²) < 4.78 is 5.39. The Balaban J connectivity index is 2.25. The van der Waals surface area contributed by atoms with E-state index in [4.69, 9.17) is 9.73 Å². The summed E-state index contributed by atoms with van der Waals surface area (Å²) in [6, 6.07) is 9.56. The number of fused-ring (bicyclic) bond motifs is 1. The Morgan fingerprint density at radius 3 is 2.75 bits per heavy atom. The lowest BCUT2D eigenvalue weighted by atomic mass is 9.88. The number of rotatable bonds is 6. The van der Waals surface area contributed by atoms with Crippen LogP contribution in [0.4, 0.5) is 0 Å². The molecule has 0 bridgehead atoms. The highest BCUT2D eigenvalue weighted by Gasteiger charge is 2.26. The average Bonchev–Trinajstić information content (AvgIpc) is 2.71. The molecule has 2 rings (SSSR count). The van der Waals surface area contributed by atoms with Crippen LogP contribution in [0.1, 0.15) is 64.1 Å². The monoisotopic (exact) mass is 330 g/mol. The molecule has 0 spiro atoms. The second-order valence-electron chi connectivity index (χ2n) is 7.95. The van der Waals surface area contributed by atoms with Gasteiger partial charge in [-0.3, -0.25) is 4.99 Å². The van der Waals surface area contributed by atoms with Gasteiger partial charge in [0, 0.05) is 13.7 Å². The zero-order chi connectivity index (χ0) is 17.6. The first-order valence-corrected chi connectivity index (χ1v) is 9.33. The maximum atomic E-state index is 5.39. The molecule has 134 valence electrons. The Morgan fingerprint density at radius 1 is 1.33 bits per heavy atom. The predicted molar refractivity (Wildman–Crippen MR) is 103 cm³/mol. The molecule has 1 aliphatic heterocycles. The van der Waals surface area contributed by atoms with Gasteiger partial charge in [0.05, 0.1) is 25.0 Å². The minimum atomic E-state index is 0.108. The molecule has 2 atom stereocenters. The summed E-state index contributed by atoms with van der Waals surface area (Å²) in [6.45, 7) is 10.7. The molecule has 0 saturated carbocycles. The summed E-state index contributed by atoms with van der Waals surface area (Å²) in [5.41, 5.74) is 3.11. The van der Waals surface area contributed by atoms with E-state index in [9.17, 15) is 0 Å². The van der Waals surface area contributed by atoms with Crippen molar-refractivity contribution in [3.8, 4) is 0 Å². The van der Waals surface area contributed by atoms with Crippen LogP contribution < -0.4 is 0 Å². The van der Waals surface area contributed by atoms with E-state index in [1.165, 1.54) is 36.8 Å². The van der Waals surface area contributed by atoms with Gasteiger partial charge in [-0.1, -0.05) is 58.4 Å². The molecule has 1 aliphatic rings. The van der Waals surface area contributed by atoms with Crippen LogP contribution in [0.5, 0.6) is 0 Å². The number of ether oxygens (including phenoxy) is 1. The maximum Gasteiger partial charge on any atom is 0.0859 e. The van der Waals surface area contributed by atoms with Crippen LogP contribution in [-0.2, 0) is 11.2 Å². The first-order chi connectivity index (χ1) is 11.5. The van der Waals surface area contributed by atoms with Gasteiger partial charge in [0.2, 0.25) is 0 Å². The number of methoxy groups -OCH3 is 1. The Hall–Kier alpha value is -1.35. The van der Waals surface area contributed by atoms with Crippen molar-refractivity contribution < 1.29 is 4.74 Å². The van der Waals surface area contributed by atoms with Crippen LogP contribution >= 0.6 is 0 Å². The predicted octanol–water partition coefficient (Wildman–Crippen LogP) is 4.87. The molecule has 0 aromatic heterocycles. The van der Waals surface area contributed by atoms with Gasteiger partial charge in [-0.05, 0) is 35.8 Å². The fraction of sp³-hybridized carbons (Fsp3) is 0.667. The van der Waals surface area contributed by atoms with Crippen LogP contribution in [0.25, 0.3) is 0 Å². The fourth-order valence-corrected chi connectivity index (χ4v) is 3.45. The first kappa shape index (κ1) is 19.0. The smallest absolute Gasteiger partial charge is 0.0859 e. The van der Waals surface area contributed by atoms with Crippen molar-refractivity contribution in [2.24, 2.45) is 10.4 Å². The van der Waals surface area contributed by atoms with Gasteiger partial charge in [-0.2, -0.15) is 0 Å². The molecule has 1 aromatic rings. The molecular weight excluding hydrogens is 296 g/mol. The average molecular weight is 331 g/mol. The number of benzene rings is 1. The third kappa shape index (κ3) is 4.83. The topological polar surface area (TPSA) is 24.8 Å². The second-order valence-corrected chi connectivity index (χ2v) is 7.95. The van der Waals surface area contributed by atoms with E-state index in [2.05, 4.69) is 63.2 Å². The molecule has 1 heterocycles. The van der Waals surface area contributed by atoms with Gasteiger partial charge in [-0.25, -0.2) is 0 Å². The van der Waals surface area contributed by atoms with Gasteiger partial charge in [0.1, 0.15) is 0 Å². The van der Waals surface area contributed by atoms with Crippen molar-refractivity contribution in [1.82, 2.24) is 4.90 Å². The Labute approximate surface area is 148 Å². The molecule has 24 heavy (non-hydrogen) atoms. The lowest BCUT2D eigenvalue weighted by Crippen LogP contribution is -2.33. The van der Waals surface area contributed by atoms with Crippen LogP contribution in [0, 0.1) is 5.41 Å². The quantitative estimate of drug-likeness (QED) is 0.549. The van der Waals surface area contributed by atoms with Crippen molar-refractivity contribution >= 4 is 6.34 Å². The van der Waals surface area contributed by atoms with Gasteiger partial charge < -0.3 is 9.64 Å². The van der Waals surface area contributed by atoms with Crippen molar-refractivity contribution in [1.29, 1.82) is 0 Å². The van der Waals surface area contributed by atoms with Gasteiger partial charge in [0.25, 0.3) is 0 Å². The number of aryl methyl sites for hydroxylation is 1. The maximum absolute atomic E-state index is 5.39. The molecule has 0 fully saturated rings. The summed E-state index contributed by atoms with van der Waals surface area (Å²) in [6.07, 6.45) is 6.82. The molecule has 3 nitrogen and oxygen atoms in total. The normalized spacial score (nSPS) is 20.0. The van der Waals surface area contributed by atoms with E-state index in [1.807, 2.05) is 0 Å². The van der Waals surface area contributed by atoms with Crippen LogP contribution in [-0.4, -0.2) is 37.5 Å². The van der Waals surface area contributed by atoms with Crippen molar-refractivity contribution in [2.45, 2.75) is 65.5 Å². The number of aliphatic imine (C=N–C) groups is 1. The summed E-state index contributed by atoms with van der Waals surface area (Å²) in [5, 5.41) is 0. The van der Waals surface area contributed by atoms with E-state index in [1.54, 1.807) is 7.11 Å². The molecule has 0 aliphatic carbocycles. The van der Waals surface area contributed by atoms with Crippen molar-refractivity contribution in [3.05, 3.63) is 35.4 Å². The number of hydrogen-bond donors (Lipinski definition) is 0. The van der Waals surface area contributed by atoms with E-state index >= 15 is 0 Å². The molecule has 0 radical (unpaired) electrons. The summed E-state index contributed by atoms with van der Waals surface area (Å²) in [4.78, 5) is 7.39. The zero-order valence-electron chi connectivity index (χ0n) is 16.1. The highest BCUT2D eigenvalue weighted by atomic mass is 16.5. The fourth-order valence-electron chi connectivity index (χ4n) is 3.45. The van der Waals surface area contributed by atoms with E-state index in [0.717, 1.165) is 6.54 Å². The third-order valence-corrected chi connectivity index (χ3v) is 4.96. The second kappa shape index (κ2) is 8.66. The Morgan fingerprint density at radius 2 is 2.08 bits per heavy atom. The van der Waals surface area contributed by atoms with Crippen molar-refractivity contribution in [3.63, 3.8) is 0 Å². The SMILES string of the molecule is CCC[C@H]1c2ccccc2CCCN1C=N[C@H](COC)C(C)(C)C.